The highest BCUT2D eigenvalue weighted by Crippen LogP contribution is 2.28. The van der Waals surface area contributed by atoms with E-state index in [9.17, 15) is 13.2 Å². The molecule has 0 fully saturated rings. The second-order valence-electron chi connectivity index (χ2n) is 5.53. The van der Waals surface area contributed by atoms with Crippen molar-refractivity contribution in [3.8, 4) is 11.5 Å². The summed E-state index contributed by atoms with van der Waals surface area (Å²) in [6.45, 7) is 1.56. The van der Waals surface area contributed by atoms with Crippen LogP contribution < -0.4 is 9.47 Å². The predicted octanol–water partition coefficient (Wildman–Crippen LogP) is 2.73. The Bertz CT molecular complexity index is 877. The van der Waals surface area contributed by atoms with Crippen LogP contribution in [0.1, 0.15) is 22.8 Å². The zero-order valence-corrected chi connectivity index (χ0v) is 15.5. The first-order valence-electron chi connectivity index (χ1n) is 7.58. The van der Waals surface area contributed by atoms with Gasteiger partial charge in [-0.1, -0.05) is 18.2 Å². The second-order valence-corrected chi connectivity index (χ2v) is 7.58. The Morgan fingerprint density at radius 2 is 1.72 bits per heavy atom. The fourth-order valence-corrected chi connectivity index (χ4v) is 3.58. The van der Waals surface area contributed by atoms with E-state index in [-0.39, 0.29) is 17.2 Å². The number of carbonyl (C=O) groups is 1. The number of carbonyl (C=O) groups excluding carboxylic acids is 1. The lowest BCUT2D eigenvalue weighted by molar-refractivity contribution is 0.101. The number of ether oxygens (including phenoxy) is 2. The minimum atomic E-state index is -3.72. The van der Waals surface area contributed by atoms with Crippen LogP contribution in [-0.2, 0) is 16.6 Å². The zero-order valence-electron chi connectivity index (χ0n) is 14.6. The van der Waals surface area contributed by atoms with Crippen LogP contribution in [0, 0.1) is 0 Å². The predicted molar refractivity (Wildman–Crippen MR) is 94.6 cm³/mol. The fourth-order valence-electron chi connectivity index (χ4n) is 2.38. The number of rotatable bonds is 7. The van der Waals surface area contributed by atoms with Crippen molar-refractivity contribution in [3.63, 3.8) is 0 Å². The van der Waals surface area contributed by atoms with Crippen molar-refractivity contribution in [2.45, 2.75) is 18.4 Å². The number of sulfonamides is 1. The molecule has 2 aromatic rings. The van der Waals surface area contributed by atoms with E-state index in [4.69, 9.17) is 9.47 Å². The van der Waals surface area contributed by atoms with E-state index in [1.807, 2.05) is 0 Å². The molecule has 0 heterocycles. The van der Waals surface area contributed by atoms with Crippen molar-refractivity contribution in [1.29, 1.82) is 0 Å². The minimum absolute atomic E-state index is 0.0863. The second kappa shape index (κ2) is 7.67. The lowest BCUT2D eigenvalue weighted by atomic mass is 10.2. The molecule has 0 aliphatic carbocycles. The Labute approximate surface area is 148 Å². The Morgan fingerprint density at radius 3 is 2.32 bits per heavy atom. The molecule has 134 valence electrons. The van der Waals surface area contributed by atoms with E-state index in [2.05, 4.69) is 0 Å². The lowest BCUT2D eigenvalue weighted by Crippen LogP contribution is -2.26. The molecule has 25 heavy (non-hydrogen) atoms. The van der Waals surface area contributed by atoms with E-state index in [1.165, 1.54) is 44.6 Å². The first kappa shape index (κ1) is 19.0. The van der Waals surface area contributed by atoms with Gasteiger partial charge >= 0.3 is 0 Å². The molecule has 0 aliphatic heterocycles. The standard InChI is InChI=1S/C18H21NO5S/c1-13(20)15-6-5-7-16(11-15)25(21,22)19(2)12-14-8-9-17(23-3)18(10-14)24-4/h5-11H,12H2,1-4H3. The summed E-state index contributed by atoms with van der Waals surface area (Å²) in [5.41, 5.74) is 1.12. The van der Waals surface area contributed by atoms with Gasteiger partial charge in [0.2, 0.25) is 10.0 Å². The van der Waals surface area contributed by atoms with Gasteiger partial charge in [0.05, 0.1) is 19.1 Å². The summed E-state index contributed by atoms with van der Waals surface area (Å²) < 4.78 is 37.1. The summed E-state index contributed by atoms with van der Waals surface area (Å²) in [5.74, 6) is 0.926. The van der Waals surface area contributed by atoms with Gasteiger partial charge < -0.3 is 9.47 Å². The number of benzene rings is 2. The maximum Gasteiger partial charge on any atom is 0.243 e. The molecule has 2 rings (SSSR count). The number of hydrogen-bond donors (Lipinski definition) is 0. The smallest absolute Gasteiger partial charge is 0.243 e. The Balaban J connectivity index is 2.29. The van der Waals surface area contributed by atoms with E-state index in [1.54, 1.807) is 30.3 Å². The van der Waals surface area contributed by atoms with Crippen LogP contribution in [0.15, 0.2) is 47.4 Å². The van der Waals surface area contributed by atoms with E-state index in [0.29, 0.717) is 17.1 Å². The van der Waals surface area contributed by atoms with Gasteiger partial charge in [-0.15, -0.1) is 0 Å². The van der Waals surface area contributed by atoms with Crippen molar-refractivity contribution in [3.05, 3.63) is 53.6 Å². The van der Waals surface area contributed by atoms with Gasteiger partial charge in [-0.05, 0) is 36.8 Å². The topological polar surface area (TPSA) is 72.9 Å². The first-order valence-corrected chi connectivity index (χ1v) is 9.02. The van der Waals surface area contributed by atoms with Crippen LogP contribution in [0.25, 0.3) is 0 Å². The van der Waals surface area contributed by atoms with Crippen molar-refractivity contribution in [2.24, 2.45) is 0 Å². The van der Waals surface area contributed by atoms with Gasteiger partial charge in [0.1, 0.15) is 0 Å². The van der Waals surface area contributed by atoms with Crippen LogP contribution in [0.2, 0.25) is 0 Å². The average molecular weight is 363 g/mol. The van der Waals surface area contributed by atoms with Gasteiger partial charge in [-0.2, -0.15) is 4.31 Å². The third kappa shape index (κ3) is 4.18. The molecule has 0 atom stereocenters. The Hall–Kier alpha value is -2.38. The van der Waals surface area contributed by atoms with Crippen molar-refractivity contribution in [2.75, 3.05) is 21.3 Å². The SMILES string of the molecule is COc1ccc(CN(C)S(=O)(=O)c2cccc(C(C)=O)c2)cc1OC. The van der Waals surface area contributed by atoms with Gasteiger partial charge in [-0.3, -0.25) is 4.79 Å². The number of methoxy groups -OCH3 is 2. The molecule has 0 radical (unpaired) electrons. The quantitative estimate of drug-likeness (QED) is 0.707. The number of ketones is 1. The third-order valence-electron chi connectivity index (χ3n) is 3.80. The molecular weight excluding hydrogens is 342 g/mol. The lowest BCUT2D eigenvalue weighted by Gasteiger charge is -2.18. The molecule has 0 aromatic heterocycles. The molecule has 0 aliphatic rings. The zero-order chi connectivity index (χ0) is 18.6. The molecule has 0 saturated heterocycles. The van der Waals surface area contributed by atoms with E-state index < -0.39 is 10.0 Å². The van der Waals surface area contributed by atoms with Gasteiger partial charge in [0, 0.05) is 19.2 Å². The summed E-state index contributed by atoms with van der Waals surface area (Å²) in [5, 5.41) is 0. The van der Waals surface area contributed by atoms with Crippen LogP contribution in [0.3, 0.4) is 0 Å². The monoisotopic (exact) mass is 363 g/mol. The summed E-state index contributed by atoms with van der Waals surface area (Å²) in [7, 11) is 0.834. The van der Waals surface area contributed by atoms with Crippen LogP contribution >= 0.6 is 0 Å². The molecule has 0 amide bonds. The maximum atomic E-state index is 12.7. The average Bonchev–Trinajstić information content (AvgIpc) is 2.61. The van der Waals surface area contributed by atoms with Crippen molar-refractivity contribution >= 4 is 15.8 Å². The number of nitrogens with zero attached hydrogens (tertiary/aromatic N) is 1. The highest BCUT2D eigenvalue weighted by Gasteiger charge is 2.22. The van der Waals surface area contributed by atoms with Crippen LogP contribution in [-0.4, -0.2) is 39.8 Å². The van der Waals surface area contributed by atoms with Crippen molar-refractivity contribution < 1.29 is 22.7 Å². The fraction of sp³-hybridized carbons (Fsp3) is 0.278. The molecule has 0 bridgehead atoms. The molecule has 6 nitrogen and oxygen atoms in total. The van der Waals surface area contributed by atoms with Crippen molar-refractivity contribution in [1.82, 2.24) is 4.31 Å². The van der Waals surface area contributed by atoms with E-state index in [0.717, 1.165) is 5.56 Å². The van der Waals surface area contributed by atoms with Crippen LogP contribution in [0.4, 0.5) is 0 Å². The van der Waals surface area contributed by atoms with Gasteiger partial charge in [0.25, 0.3) is 0 Å². The highest BCUT2D eigenvalue weighted by molar-refractivity contribution is 7.89. The molecular formula is C18H21NO5S. The Morgan fingerprint density at radius 1 is 1.04 bits per heavy atom. The summed E-state index contributed by atoms with van der Waals surface area (Å²) in [4.78, 5) is 11.6. The summed E-state index contributed by atoms with van der Waals surface area (Å²) in [6, 6.07) is 11.3. The van der Waals surface area contributed by atoms with Gasteiger partial charge in [-0.25, -0.2) is 8.42 Å². The molecule has 2 aromatic carbocycles. The van der Waals surface area contributed by atoms with E-state index >= 15 is 0 Å². The normalized spacial score (nSPS) is 11.4. The molecule has 0 unspecified atom stereocenters. The number of Topliss-reactive ketones (excluding diaryl/α,β-unsaturated/α-hetero) is 1. The largest absolute Gasteiger partial charge is 0.493 e. The third-order valence-corrected chi connectivity index (χ3v) is 5.60. The molecule has 7 heteroatoms. The molecule has 0 N–H and O–H groups in total. The Kier molecular flexibility index (Phi) is 5.81. The van der Waals surface area contributed by atoms with Crippen LogP contribution in [0.5, 0.6) is 11.5 Å². The summed E-state index contributed by atoms with van der Waals surface area (Å²) >= 11 is 0. The maximum absolute atomic E-state index is 12.7. The number of hydrogen-bond acceptors (Lipinski definition) is 5. The first-order chi connectivity index (χ1) is 11.8. The minimum Gasteiger partial charge on any atom is -0.493 e. The highest BCUT2D eigenvalue weighted by atomic mass is 32.2. The van der Waals surface area contributed by atoms with Gasteiger partial charge in [0.15, 0.2) is 17.3 Å². The molecule has 0 spiro atoms. The molecule has 0 saturated carbocycles. The summed E-state index contributed by atoms with van der Waals surface area (Å²) in [6.07, 6.45) is 0.